The van der Waals surface area contributed by atoms with Crippen molar-refractivity contribution in [3.63, 3.8) is 0 Å². The van der Waals surface area contributed by atoms with Crippen LogP contribution in [-0.2, 0) is 10.0 Å². The number of rotatable bonds is 6. The van der Waals surface area contributed by atoms with Crippen LogP contribution in [0.4, 0.5) is 5.82 Å². The minimum absolute atomic E-state index is 0.136. The van der Waals surface area contributed by atoms with Crippen molar-refractivity contribution in [1.82, 2.24) is 15.4 Å². The van der Waals surface area contributed by atoms with Gasteiger partial charge in [0.15, 0.2) is 5.82 Å². The predicted molar refractivity (Wildman–Crippen MR) is 74.0 cm³/mol. The minimum Gasteiger partial charge on any atom is -0.493 e. The Labute approximate surface area is 117 Å². The van der Waals surface area contributed by atoms with Crippen LogP contribution in [0.2, 0.25) is 0 Å². The fourth-order valence-electron chi connectivity index (χ4n) is 1.43. The fraction of sp³-hybridized carbons (Fsp3) is 0.333. The highest BCUT2D eigenvalue weighted by Gasteiger charge is 2.15. The lowest BCUT2D eigenvalue weighted by Gasteiger charge is -2.09. The maximum absolute atomic E-state index is 12.0. The zero-order chi connectivity index (χ0) is 14.6. The van der Waals surface area contributed by atoms with Gasteiger partial charge >= 0.3 is 0 Å². The number of ether oxygens (including phenoxy) is 1. The number of benzene rings is 1. The number of anilines is 1. The summed E-state index contributed by atoms with van der Waals surface area (Å²) in [4.78, 5) is 0.136. The SMILES string of the molecule is CC(C)COc1ccc(S(=O)(=O)Nc2cn[nH]n2)cc1. The summed E-state index contributed by atoms with van der Waals surface area (Å²) in [5.41, 5.74) is 0. The average Bonchev–Trinajstić information content (AvgIpc) is 2.89. The number of hydrogen-bond acceptors (Lipinski definition) is 5. The molecule has 0 aliphatic heterocycles. The first-order valence-corrected chi connectivity index (χ1v) is 7.57. The van der Waals surface area contributed by atoms with E-state index in [1.165, 1.54) is 18.3 Å². The molecule has 0 bridgehead atoms. The number of H-pyrrole nitrogens is 1. The van der Waals surface area contributed by atoms with E-state index in [2.05, 4.69) is 20.1 Å². The smallest absolute Gasteiger partial charge is 0.263 e. The van der Waals surface area contributed by atoms with E-state index < -0.39 is 10.0 Å². The number of nitrogens with zero attached hydrogens (tertiary/aromatic N) is 2. The molecular formula is C12H16N4O3S. The highest BCUT2D eigenvalue weighted by Crippen LogP contribution is 2.18. The van der Waals surface area contributed by atoms with Gasteiger partial charge in [0.05, 0.1) is 17.7 Å². The lowest BCUT2D eigenvalue weighted by atomic mass is 10.2. The Bertz CT molecular complexity index is 636. The molecule has 0 saturated heterocycles. The zero-order valence-electron chi connectivity index (χ0n) is 11.2. The maximum Gasteiger partial charge on any atom is 0.263 e. The molecule has 2 aromatic rings. The average molecular weight is 296 g/mol. The highest BCUT2D eigenvalue weighted by molar-refractivity contribution is 7.92. The maximum atomic E-state index is 12.0. The van der Waals surface area contributed by atoms with Gasteiger partial charge in [-0.1, -0.05) is 13.8 Å². The number of aromatic amines is 1. The van der Waals surface area contributed by atoms with E-state index in [9.17, 15) is 8.42 Å². The lowest BCUT2D eigenvalue weighted by molar-refractivity contribution is 0.271. The van der Waals surface area contributed by atoms with Crippen molar-refractivity contribution >= 4 is 15.8 Å². The van der Waals surface area contributed by atoms with Crippen LogP contribution in [0.1, 0.15) is 13.8 Å². The van der Waals surface area contributed by atoms with Gasteiger partial charge in [-0.05, 0) is 30.2 Å². The van der Waals surface area contributed by atoms with Crippen molar-refractivity contribution in [2.45, 2.75) is 18.7 Å². The summed E-state index contributed by atoms with van der Waals surface area (Å²) in [6, 6.07) is 6.22. The number of sulfonamides is 1. The summed E-state index contributed by atoms with van der Waals surface area (Å²) < 4.78 is 31.9. The summed E-state index contributed by atoms with van der Waals surface area (Å²) in [6.07, 6.45) is 1.29. The minimum atomic E-state index is -3.66. The van der Waals surface area contributed by atoms with Gasteiger partial charge in [0.2, 0.25) is 0 Å². The first kappa shape index (κ1) is 14.3. The second-order valence-electron chi connectivity index (χ2n) is 4.64. The van der Waals surface area contributed by atoms with Crippen LogP contribution >= 0.6 is 0 Å². The molecule has 1 heterocycles. The Morgan fingerprint density at radius 1 is 1.30 bits per heavy atom. The van der Waals surface area contributed by atoms with Crippen molar-refractivity contribution in [2.24, 2.45) is 5.92 Å². The highest BCUT2D eigenvalue weighted by atomic mass is 32.2. The second-order valence-corrected chi connectivity index (χ2v) is 6.32. The molecule has 0 aliphatic carbocycles. The first-order chi connectivity index (χ1) is 9.47. The molecule has 20 heavy (non-hydrogen) atoms. The molecule has 8 heteroatoms. The van der Waals surface area contributed by atoms with E-state index in [-0.39, 0.29) is 10.7 Å². The van der Waals surface area contributed by atoms with Gasteiger partial charge in [-0.2, -0.15) is 10.3 Å². The van der Waals surface area contributed by atoms with Crippen molar-refractivity contribution in [1.29, 1.82) is 0 Å². The molecule has 0 fully saturated rings. The monoisotopic (exact) mass is 296 g/mol. The zero-order valence-corrected chi connectivity index (χ0v) is 12.0. The topological polar surface area (TPSA) is 97.0 Å². The van der Waals surface area contributed by atoms with Crippen molar-refractivity contribution in [3.8, 4) is 5.75 Å². The Kier molecular flexibility index (Phi) is 4.23. The lowest BCUT2D eigenvalue weighted by Crippen LogP contribution is -2.13. The Balaban J connectivity index is 2.08. The second kappa shape index (κ2) is 5.91. The molecule has 108 valence electrons. The van der Waals surface area contributed by atoms with Gasteiger partial charge in [-0.25, -0.2) is 8.42 Å². The van der Waals surface area contributed by atoms with Gasteiger partial charge in [-0.15, -0.1) is 5.10 Å². The summed E-state index contributed by atoms with van der Waals surface area (Å²) in [5.74, 6) is 1.19. The third kappa shape index (κ3) is 3.70. The van der Waals surface area contributed by atoms with Crippen LogP contribution in [-0.4, -0.2) is 30.4 Å². The van der Waals surface area contributed by atoms with Crippen molar-refractivity contribution in [2.75, 3.05) is 11.3 Å². The molecule has 0 amide bonds. The molecule has 1 aromatic heterocycles. The third-order valence-electron chi connectivity index (χ3n) is 2.37. The molecule has 2 N–H and O–H groups in total. The molecule has 0 saturated carbocycles. The van der Waals surface area contributed by atoms with Gasteiger partial charge in [0, 0.05) is 0 Å². The third-order valence-corrected chi connectivity index (χ3v) is 3.74. The van der Waals surface area contributed by atoms with Crippen molar-refractivity contribution < 1.29 is 13.2 Å². The van der Waals surface area contributed by atoms with Gasteiger partial charge < -0.3 is 4.74 Å². The van der Waals surface area contributed by atoms with Crippen LogP contribution in [0.5, 0.6) is 5.75 Å². The largest absolute Gasteiger partial charge is 0.493 e. The van der Waals surface area contributed by atoms with Crippen LogP contribution < -0.4 is 9.46 Å². The van der Waals surface area contributed by atoms with E-state index in [1.54, 1.807) is 12.1 Å². The van der Waals surface area contributed by atoms with Gasteiger partial charge in [-0.3, -0.25) is 4.72 Å². The molecular weight excluding hydrogens is 280 g/mol. The molecule has 7 nitrogen and oxygen atoms in total. The van der Waals surface area contributed by atoms with E-state index in [0.717, 1.165) is 0 Å². The number of hydrogen-bond donors (Lipinski definition) is 2. The summed E-state index contributed by atoms with van der Waals surface area (Å²) in [6.45, 7) is 4.67. The van der Waals surface area contributed by atoms with E-state index in [0.29, 0.717) is 18.3 Å². The molecule has 0 aliphatic rings. The molecule has 0 spiro atoms. The molecule has 2 rings (SSSR count). The molecule has 1 aromatic carbocycles. The van der Waals surface area contributed by atoms with E-state index in [4.69, 9.17) is 4.74 Å². The Morgan fingerprint density at radius 2 is 2.00 bits per heavy atom. The summed E-state index contributed by atoms with van der Waals surface area (Å²) >= 11 is 0. The molecule has 0 unspecified atom stereocenters. The number of aromatic nitrogens is 3. The molecule has 0 atom stereocenters. The first-order valence-electron chi connectivity index (χ1n) is 6.09. The summed E-state index contributed by atoms with van der Waals surface area (Å²) in [5, 5.41) is 9.51. The van der Waals surface area contributed by atoms with Gasteiger partial charge in [0.1, 0.15) is 5.75 Å². The number of nitrogens with one attached hydrogen (secondary N) is 2. The van der Waals surface area contributed by atoms with E-state index >= 15 is 0 Å². The van der Waals surface area contributed by atoms with E-state index in [1.807, 2.05) is 13.8 Å². The van der Waals surface area contributed by atoms with Gasteiger partial charge in [0.25, 0.3) is 10.0 Å². The predicted octanol–water partition coefficient (Wildman–Crippen LogP) is 1.64. The Morgan fingerprint density at radius 3 is 2.55 bits per heavy atom. The van der Waals surface area contributed by atoms with Crippen molar-refractivity contribution in [3.05, 3.63) is 30.5 Å². The van der Waals surface area contributed by atoms with Crippen LogP contribution in [0, 0.1) is 5.92 Å². The summed E-state index contributed by atoms with van der Waals surface area (Å²) in [7, 11) is -3.66. The standard InChI is InChI=1S/C12H16N4O3S/c1-9(2)8-19-10-3-5-11(6-4-10)20(17,18)15-12-7-13-16-14-12/h3-7,9H,8H2,1-2H3,(H2,13,14,15,16). The van der Waals surface area contributed by atoms with Crippen LogP contribution in [0.3, 0.4) is 0 Å². The molecule has 0 radical (unpaired) electrons. The normalized spacial score (nSPS) is 11.6. The quantitative estimate of drug-likeness (QED) is 0.844. The van der Waals surface area contributed by atoms with Crippen LogP contribution in [0.15, 0.2) is 35.4 Å². The Hall–Kier alpha value is -2.09. The fourth-order valence-corrected chi connectivity index (χ4v) is 2.41. The van der Waals surface area contributed by atoms with Crippen LogP contribution in [0.25, 0.3) is 0 Å².